The SMILES string of the molecule is CC1CC1CN(C)c1cc(C(=O)O)cc(Cl)n1. The van der Waals surface area contributed by atoms with Crippen molar-refractivity contribution in [2.24, 2.45) is 11.8 Å². The summed E-state index contributed by atoms with van der Waals surface area (Å²) in [5.74, 6) is 1.09. The van der Waals surface area contributed by atoms with Gasteiger partial charge in [0.15, 0.2) is 0 Å². The summed E-state index contributed by atoms with van der Waals surface area (Å²) in [7, 11) is 1.91. The van der Waals surface area contributed by atoms with E-state index in [9.17, 15) is 4.79 Å². The van der Waals surface area contributed by atoms with Crippen molar-refractivity contribution in [1.82, 2.24) is 4.98 Å². The summed E-state index contributed by atoms with van der Waals surface area (Å²) in [6, 6.07) is 2.92. The van der Waals surface area contributed by atoms with Gasteiger partial charge >= 0.3 is 5.97 Å². The average molecular weight is 255 g/mol. The first-order chi connectivity index (χ1) is 7.97. The Morgan fingerprint density at radius 3 is 2.82 bits per heavy atom. The molecule has 2 unspecified atom stereocenters. The Morgan fingerprint density at radius 1 is 1.65 bits per heavy atom. The molecule has 1 fully saturated rings. The van der Waals surface area contributed by atoms with E-state index in [1.165, 1.54) is 12.5 Å². The lowest BCUT2D eigenvalue weighted by Gasteiger charge is -2.18. The molecule has 2 rings (SSSR count). The van der Waals surface area contributed by atoms with Gasteiger partial charge in [0, 0.05) is 13.6 Å². The van der Waals surface area contributed by atoms with Crippen molar-refractivity contribution in [2.45, 2.75) is 13.3 Å². The summed E-state index contributed by atoms with van der Waals surface area (Å²) in [6.07, 6.45) is 1.23. The van der Waals surface area contributed by atoms with Crippen LogP contribution in [0.2, 0.25) is 5.15 Å². The second-order valence-electron chi connectivity index (χ2n) is 4.70. The minimum atomic E-state index is -0.983. The molecule has 17 heavy (non-hydrogen) atoms. The molecule has 0 aromatic carbocycles. The molecular formula is C12H15ClN2O2. The molecular weight excluding hydrogens is 240 g/mol. The maximum atomic E-state index is 10.9. The van der Waals surface area contributed by atoms with E-state index in [2.05, 4.69) is 11.9 Å². The standard InChI is InChI=1S/C12H15ClN2O2/c1-7-3-9(7)6-15(2)11-5-8(12(16)17)4-10(13)14-11/h4-5,7,9H,3,6H2,1-2H3,(H,16,17). The lowest BCUT2D eigenvalue weighted by Crippen LogP contribution is -2.22. The number of carboxylic acid groups (broad SMARTS) is 1. The molecule has 0 bridgehead atoms. The number of pyridine rings is 1. The molecule has 4 nitrogen and oxygen atoms in total. The lowest BCUT2D eigenvalue weighted by atomic mass is 10.2. The van der Waals surface area contributed by atoms with Crippen molar-refractivity contribution in [2.75, 3.05) is 18.5 Å². The maximum Gasteiger partial charge on any atom is 0.335 e. The van der Waals surface area contributed by atoms with E-state index in [1.807, 2.05) is 11.9 Å². The van der Waals surface area contributed by atoms with Crippen LogP contribution < -0.4 is 4.90 Å². The molecule has 1 aromatic heterocycles. The monoisotopic (exact) mass is 254 g/mol. The maximum absolute atomic E-state index is 10.9. The number of hydrogen-bond donors (Lipinski definition) is 1. The normalized spacial score (nSPS) is 22.3. The van der Waals surface area contributed by atoms with Crippen molar-refractivity contribution in [1.29, 1.82) is 0 Å². The van der Waals surface area contributed by atoms with Crippen molar-refractivity contribution >= 4 is 23.4 Å². The highest BCUT2D eigenvalue weighted by atomic mass is 35.5. The van der Waals surface area contributed by atoms with Crippen LogP contribution in [-0.4, -0.2) is 29.7 Å². The number of halogens is 1. The van der Waals surface area contributed by atoms with Gasteiger partial charge in [0.05, 0.1) is 5.56 Å². The summed E-state index contributed by atoms with van der Waals surface area (Å²) in [6.45, 7) is 3.11. The first kappa shape index (κ1) is 12.2. The number of nitrogens with zero attached hydrogens (tertiary/aromatic N) is 2. The van der Waals surface area contributed by atoms with Gasteiger partial charge in [-0.1, -0.05) is 18.5 Å². The van der Waals surface area contributed by atoms with Crippen LogP contribution >= 0.6 is 11.6 Å². The van der Waals surface area contributed by atoms with Gasteiger partial charge in [0.25, 0.3) is 0 Å². The van der Waals surface area contributed by atoms with Gasteiger partial charge in [-0.15, -0.1) is 0 Å². The minimum Gasteiger partial charge on any atom is -0.478 e. The second-order valence-corrected chi connectivity index (χ2v) is 5.08. The molecule has 0 aliphatic heterocycles. The first-order valence-electron chi connectivity index (χ1n) is 5.59. The van der Waals surface area contributed by atoms with E-state index in [1.54, 1.807) is 6.07 Å². The van der Waals surface area contributed by atoms with Gasteiger partial charge in [0.2, 0.25) is 0 Å². The van der Waals surface area contributed by atoms with E-state index in [-0.39, 0.29) is 10.7 Å². The first-order valence-corrected chi connectivity index (χ1v) is 5.97. The number of aromatic nitrogens is 1. The second kappa shape index (κ2) is 4.53. The molecule has 1 aliphatic rings. The van der Waals surface area contributed by atoms with Gasteiger partial charge in [0.1, 0.15) is 11.0 Å². The van der Waals surface area contributed by atoms with E-state index in [0.29, 0.717) is 11.7 Å². The van der Waals surface area contributed by atoms with Gasteiger partial charge < -0.3 is 10.0 Å². The third kappa shape index (κ3) is 2.88. The fourth-order valence-electron chi connectivity index (χ4n) is 1.90. The van der Waals surface area contributed by atoms with E-state index >= 15 is 0 Å². The number of aromatic carboxylic acids is 1. The van der Waals surface area contributed by atoms with Crippen LogP contribution in [0.25, 0.3) is 0 Å². The number of carbonyl (C=O) groups is 1. The summed E-state index contributed by atoms with van der Waals surface area (Å²) >= 11 is 5.82. The van der Waals surface area contributed by atoms with Gasteiger partial charge in [-0.2, -0.15) is 0 Å². The zero-order chi connectivity index (χ0) is 12.6. The van der Waals surface area contributed by atoms with Gasteiger partial charge in [-0.25, -0.2) is 9.78 Å². The summed E-state index contributed by atoms with van der Waals surface area (Å²) in [5.41, 5.74) is 0.177. The summed E-state index contributed by atoms with van der Waals surface area (Å²) < 4.78 is 0. The Morgan fingerprint density at radius 2 is 2.29 bits per heavy atom. The van der Waals surface area contributed by atoms with E-state index in [0.717, 1.165) is 12.5 Å². The predicted molar refractivity (Wildman–Crippen MR) is 66.7 cm³/mol. The largest absolute Gasteiger partial charge is 0.478 e. The Kier molecular flexibility index (Phi) is 3.24. The Balaban J connectivity index is 2.16. The van der Waals surface area contributed by atoms with Gasteiger partial charge in [-0.05, 0) is 30.4 Å². The molecule has 0 saturated heterocycles. The van der Waals surface area contributed by atoms with Gasteiger partial charge in [-0.3, -0.25) is 0 Å². The Labute approximate surface area is 105 Å². The fraction of sp³-hybridized carbons (Fsp3) is 0.500. The number of carboxylic acids is 1. The molecule has 1 aromatic rings. The zero-order valence-corrected chi connectivity index (χ0v) is 10.6. The lowest BCUT2D eigenvalue weighted by molar-refractivity contribution is 0.0697. The molecule has 5 heteroatoms. The smallest absolute Gasteiger partial charge is 0.335 e. The topological polar surface area (TPSA) is 53.4 Å². The molecule has 2 atom stereocenters. The van der Waals surface area contributed by atoms with Crippen molar-refractivity contribution in [3.8, 4) is 0 Å². The Hall–Kier alpha value is -1.29. The molecule has 1 N–H and O–H groups in total. The average Bonchev–Trinajstić information content (AvgIpc) is 2.93. The zero-order valence-electron chi connectivity index (χ0n) is 9.85. The fourth-order valence-corrected chi connectivity index (χ4v) is 2.10. The third-order valence-corrected chi connectivity index (χ3v) is 3.40. The van der Waals surface area contributed by atoms with Crippen molar-refractivity contribution in [3.05, 3.63) is 22.8 Å². The van der Waals surface area contributed by atoms with Crippen molar-refractivity contribution in [3.63, 3.8) is 0 Å². The predicted octanol–water partition coefficient (Wildman–Crippen LogP) is 2.53. The van der Waals surface area contributed by atoms with Crippen LogP contribution in [0.4, 0.5) is 5.82 Å². The summed E-state index contributed by atoms with van der Waals surface area (Å²) in [4.78, 5) is 17.0. The van der Waals surface area contributed by atoms with Crippen LogP contribution in [0, 0.1) is 11.8 Å². The number of hydrogen-bond acceptors (Lipinski definition) is 3. The molecule has 1 saturated carbocycles. The van der Waals surface area contributed by atoms with Crippen LogP contribution in [-0.2, 0) is 0 Å². The molecule has 0 radical (unpaired) electrons. The summed E-state index contributed by atoms with van der Waals surface area (Å²) in [5, 5.41) is 9.16. The Bertz CT molecular complexity index is 450. The van der Waals surface area contributed by atoms with Crippen LogP contribution in [0.15, 0.2) is 12.1 Å². The highest BCUT2D eigenvalue weighted by Crippen LogP contribution is 2.38. The highest BCUT2D eigenvalue weighted by molar-refractivity contribution is 6.29. The van der Waals surface area contributed by atoms with Crippen LogP contribution in [0.1, 0.15) is 23.7 Å². The quantitative estimate of drug-likeness (QED) is 0.839. The third-order valence-electron chi connectivity index (χ3n) is 3.20. The molecule has 0 amide bonds. The number of anilines is 1. The number of rotatable bonds is 4. The highest BCUT2D eigenvalue weighted by Gasteiger charge is 2.33. The van der Waals surface area contributed by atoms with Crippen LogP contribution in [0.5, 0.6) is 0 Å². The molecule has 92 valence electrons. The van der Waals surface area contributed by atoms with E-state index < -0.39 is 5.97 Å². The molecule has 1 heterocycles. The minimum absolute atomic E-state index is 0.177. The van der Waals surface area contributed by atoms with E-state index in [4.69, 9.17) is 16.7 Å². The molecule has 1 aliphatic carbocycles. The van der Waals surface area contributed by atoms with Crippen molar-refractivity contribution < 1.29 is 9.90 Å². The molecule has 0 spiro atoms. The van der Waals surface area contributed by atoms with Crippen LogP contribution in [0.3, 0.4) is 0 Å².